The summed E-state index contributed by atoms with van der Waals surface area (Å²) in [5, 5.41) is 17.3. The fraction of sp³-hybridized carbons (Fsp3) is 0.444. The molecule has 2 aromatic heterocycles. The van der Waals surface area contributed by atoms with Crippen molar-refractivity contribution in [3.05, 3.63) is 81.4 Å². The largest absolute Gasteiger partial charge is 0.394 e. The van der Waals surface area contributed by atoms with Crippen LogP contribution in [0.25, 0.3) is 22.8 Å². The van der Waals surface area contributed by atoms with E-state index in [1.54, 1.807) is 0 Å². The number of nitrogens with zero attached hydrogens (tertiary/aromatic N) is 5. The quantitative estimate of drug-likeness (QED) is 0.197. The van der Waals surface area contributed by atoms with E-state index in [2.05, 4.69) is 38.9 Å². The highest BCUT2D eigenvalue weighted by atomic mass is 35.5. The molecule has 2 aromatic carbocycles. The van der Waals surface area contributed by atoms with Gasteiger partial charge in [-0.15, -0.1) is 0 Å². The molecular formula is C36H46Cl2N8O3. The molecule has 4 heterocycles. The van der Waals surface area contributed by atoms with E-state index in [-0.39, 0.29) is 24.0 Å². The Morgan fingerprint density at radius 2 is 1.45 bits per heavy atom. The van der Waals surface area contributed by atoms with Crippen LogP contribution in [0.3, 0.4) is 0 Å². The summed E-state index contributed by atoms with van der Waals surface area (Å²) in [7, 11) is 0. The molecule has 0 unspecified atom stereocenters. The summed E-state index contributed by atoms with van der Waals surface area (Å²) < 4.78 is 4.19. The first kappa shape index (κ1) is 36.5. The Bertz CT molecular complexity index is 1780. The lowest BCUT2D eigenvalue weighted by molar-refractivity contribution is 0.0839. The zero-order valence-electron chi connectivity index (χ0n) is 28.8. The topological polar surface area (TPSA) is 143 Å². The number of aliphatic hydroxyl groups is 1. The SMILES string of the molecule is CC(C)CN1CCn2c(-c3ccc(Cl)cc3)nc(C(=O)N[C@H](CO)C(C)(C)C)c2C1.NC(=O)c1nc(-c2ccc(Cl)cc2)n2c1CNCC2. The predicted octanol–water partition coefficient (Wildman–Crippen LogP) is 5.22. The second kappa shape index (κ2) is 15.4. The van der Waals surface area contributed by atoms with Crippen LogP contribution >= 0.6 is 23.2 Å². The number of amides is 2. The molecule has 1 atom stereocenters. The highest BCUT2D eigenvalue weighted by Gasteiger charge is 2.32. The van der Waals surface area contributed by atoms with Gasteiger partial charge in [-0.3, -0.25) is 14.5 Å². The molecule has 13 heteroatoms. The molecule has 0 spiro atoms. The standard InChI is InChI=1S/C23H33ClN4O2.C13H13ClN4O/c1-15(2)12-27-10-11-28-18(13-27)20(22(30)25-19(14-29)23(3,4)5)26-21(28)16-6-8-17(24)9-7-16;14-9-3-1-8(2-4-9)13-17-11(12(15)19)10-7-16-5-6-18(10)13/h6-9,15,19,29H,10-14H2,1-5H3,(H,25,30);1-4,16H,5-7H2,(H2,15,19)/t19-;/m1./s1. The summed E-state index contributed by atoms with van der Waals surface area (Å²) >= 11 is 11.9. The number of primary amides is 1. The van der Waals surface area contributed by atoms with Gasteiger partial charge in [-0.25, -0.2) is 9.97 Å². The van der Waals surface area contributed by atoms with Gasteiger partial charge >= 0.3 is 0 Å². The van der Waals surface area contributed by atoms with Gasteiger partial charge in [-0.05, 0) is 59.9 Å². The lowest BCUT2D eigenvalue weighted by atomic mass is 9.87. The Labute approximate surface area is 297 Å². The first-order chi connectivity index (χ1) is 23.3. The minimum absolute atomic E-state index is 0.116. The first-order valence-corrected chi connectivity index (χ1v) is 17.4. The summed E-state index contributed by atoms with van der Waals surface area (Å²) in [6.45, 7) is 15.9. The highest BCUT2D eigenvalue weighted by molar-refractivity contribution is 6.30. The van der Waals surface area contributed by atoms with Gasteiger partial charge in [0.2, 0.25) is 0 Å². The Hall–Kier alpha value is -3.74. The Balaban J connectivity index is 0.000000211. The van der Waals surface area contributed by atoms with Crippen LogP contribution < -0.4 is 16.4 Å². The molecule has 2 aliphatic rings. The lowest BCUT2D eigenvalue weighted by Gasteiger charge is -2.31. The number of aliphatic hydroxyl groups excluding tert-OH is 1. The lowest BCUT2D eigenvalue weighted by Crippen LogP contribution is -2.46. The number of nitrogens with one attached hydrogen (secondary N) is 2. The van der Waals surface area contributed by atoms with Crippen LogP contribution in [-0.4, -0.2) is 73.2 Å². The molecular weight excluding hydrogens is 663 g/mol. The Kier molecular flexibility index (Phi) is 11.5. The molecule has 5 N–H and O–H groups in total. The summed E-state index contributed by atoms with van der Waals surface area (Å²) in [5.41, 5.74) is 9.56. The summed E-state index contributed by atoms with van der Waals surface area (Å²) in [6.07, 6.45) is 0. The van der Waals surface area contributed by atoms with Gasteiger partial charge in [0.15, 0.2) is 11.4 Å². The van der Waals surface area contributed by atoms with Crippen molar-refractivity contribution in [1.82, 2.24) is 34.6 Å². The number of benzene rings is 2. The van der Waals surface area contributed by atoms with E-state index in [9.17, 15) is 14.7 Å². The fourth-order valence-corrected chi connectivity index (χ4v) is 6.43. The van der Waals surface area contributed by atoms with Crippen LogP contribution in [0.2, 0.25) is 10.0 Å². The van der Waals surface area contributed by atoms with Crippen molar-refractivity contribution in [2.45, 2.75) is 66.8 Å². The third-order valence-electron chi connectivity index (χ3n) is 8.77. The van der Waals surface area contributed by atoms with Crippen LogP contribution in [0.15, 0.2) is 48.5 Å². The number of aromatic nitrogens is 4. The van der Waals surface area contributed by atoms with E-state index in [1.165, 1.54) is 0 Å². The average Bonchev–Trinajstić information content (AvgIpc) is 3.63. The Morgan fingerprint density at radius 3 is 1.96 bits per heavy atom. The molecule has 0 saturated carbocycles. The fourth-order valence-electron chi connectivity index (χ4n) is 6.18. The molecule has 0 aliphatic carbocycles. The molecule has 6 rings (SSSR count). The number of hydrogen-bond donors (Lipinski definition) is 4. The molecule has 49 heavy (non-hydrogen) atoms. The minimum Gasteiger partial charge on any atom is -0.394 e. The van der Waals surface area contributed by atoms with Crippen molar-refractivity contribution in [3.63, 3.8) is 0 Å². The molecule has 2 aliphatic heterocycles. The number of hydrogen-bond acceptors (Lipinski definition) is 7. The zero-order valence-corrected chi connectivity index (χ0v) is 30.3. The van der Waals surface area contributed by atoms with Crippen LogP contribution in [0, 0.1) is 11.3 Å². The van der Waals surface area contributed by atoms with Crippen molar-refractivity contribution < 1.29 is 14.7 Å². The van der Waals surface area contributed by atoms with Crippen LogP contribution in [-0.2, 0) is 26.2 Å². The number of rotatable bonds is 8. The molecule has 0 saturated heterocycles. The maximum absolute atomic E-state index is 13.2. The van der Waals surface area contributed by atoms with Gasteiger partial charge in [0, 0.05) is 67.0 Å². The minimum atomic E-state index is -0.493. The number of halogens is 2. The summed E-state index contributed by atoms with van der Waals surface area (Å²) in [6, 6.07) is 14.6. The summed E-state index contributed by atoms with van der Waals surface area (Å²) in [5.74, 6) is 1.37. The zero-order chi connectivity index (χ0) is 35.5. The van der Waals surface area contributed by atoms with Crippen molar-refractivity contribution in [2.75, 3.05) is 26.2 Å². The molecule has 262 valence electrons. The normalized spacial score (nSPS) is 15.2. The number of fused-ring (bicyclic) bond motifs is 2. The molecule has 4 aromatic rings. The third-order valence-corrected chi connectivity index (χ3v) is 9.28. The first-order valence-electron chi connectivity index (χ1n) is 16.6. The van der Waals surface area contributed by atoms with E-state index in [1.807, 2.05) is 73.9 Å². The van der Waals surface area contributed by atoms with E-state index >= 15 is 0 Å². The van der Waals surface area contributed by atoms with Gasteiger partial charge in [0.1, 0.15) is 11.6 Å². The monoisotopic (exact) mass is 708 g/mol. The molecule has 0 bridgehead atoms. The number of nitrogens with two attached hydrogens (primary N) is 1. The number of imidazole rings is 2. The van der Waals surface area contributed by atoms with Gasteiger partial charge in [-0.1, -0.05) is 57.8 Å². The van der Waals surface area contributed by atoms with E-state index < -0.39 is 5.91 Å². The van der Waals surface area contributed by atoms with Crippen LogP contribution in [0.5, 0.6) is 0 Å². The third kappa shape index (κ3) is 8.53. The molecule has 0 fully saturated rings. The van der Waals surface area contributed by atoms with Gasteiger partial charge in [0.05, 0.1) is 24.0 Å². The maximum Gasteiger partial charge on any atom is 0.272 e. The number of carbonyl (C=O) groups is 2. The predicted molar refractivity (Wildman–Crippen MR) is 193 cm³/mol. The maximum atomic E-state index is 13.2. The second-order valence-corrected chi connectivity index (χ2v) is 14.9. The summed E-state index contributed by atoms with van der Waals surface area (Å²) in [4.78, 5) is 36.2. The van der Waals surface area contributed by atoms with E-state index in [0.29, 0.717) is 40.4 Å². The smallest absolute Gasteiger partial charge is 0.272 e. The highest BCUT2D eigenvalue weighted by Crippen LogP contribution is 2.29. The van der Waals surface area contributed by atoms with Crippen LogP contribution in [0.4, 0.5) is 0 Å². The molecule has 11 nitrogen and oxygen atoms in total. The van der Waals surface area contributed by atoms with Gasteiger partial charge in [0.25, 0.3) is 11.8 Å². The Morgan fingerprint density at radius 1 is 0.898 bits per heavy atom. The second-order valence-electron chi connectivity index (χ2n) is 14.0. The van der Waals surface area contributed by atoms with E-state index in [0.717, 1.165) is 66.9 Å². The number of carbonyl (C=O) groups excluding carboxylic acids is 2. The van der Waals surface area contributed by atoms with Gasteiger partial charge in [-0.2, -0.15) is 0 Å². The van der Waals surface area contributed by atoms with Crippen molar-refractivity contribution in [3.8, 4) is 22.8 Å². The van der Waals surface area contributed by atoms with Crippen molar-refractivity contribution in [1.29, 1.82) is 0 Å². The van der Waals surface area contributed by atoms with Crippen molar-refractivity contribution >= 4 is 35.0 Å². The average molecular weight is 710 g/mol. The molecule has 0 radical (unpaired) electrons. The van der Waals surface area contributed by atoms with Crippen molar-refractivity contribution in [2.24, 2.45) is 17.1 Å². The van der Waals surface area contributed by atoms with E-state index in [4.69, 9.17) is 33.9 Å². The van der Waals surface area contributed by atoms with Gasteiger partial charge < -0.3 is 30.6 Å². The van der Waals surface area contributed by atoms with Crippen LogP contribution in [0.1, 0.15) is 67.0 Å². The molecule has 2 amide bonds.